The van der Waals surface area contributed by atoms with E-state index in [1.807, 2.05) is 12.1 Å². The van der Waals surface area contributed by atoms with Crippen molar-refractivity contribution < 1.29 is 4.39 Å². The maximum absolute atomic E-state index is 13.3. The summed E-state index contributed by atoms with van der Waals surface area (Å²) >= 11 is 6.15. The summed E-state index contributed by atoms with van der Waals surface area (Å²) in [6.07, 6.45) is 1.53. The zero-order valence-electron chi connectivity index (χ0n) is 16.7. The molecule has 0 unspecified atom stereocenters. The molecule has 0 atom stereocenters. The van der Waals surface area contributed by atoms with Crippen molar-refractivity contribution in [3.63, 3.8) is 0 Å². The van der Waals surface area contributed by atoms with Gasteiger partial charge in [-0.15, -0.1) is 0 Å². The molecule has 0 amide bonds. The summed E-state index contributed by atoms with van der Waals surface area (Å²) in [5, 5.41) is 4.72. The molecule has 0 saturated carbocycles. The molecule has 4 aromatic rings. The third-order valence-electron chi connectivity index (χ3n) is 4.88. The predicted octanol–water partition coefficient (Wildman–Crippen LogP) is 2.72. The number of benzene rings is 2. The van der Waals surface area contributed by atoms with E-state index < -0.39 is 11.2 Å². The molecule has 4 rings (SSSR count). The standard InChI is InChI=1S/C21H18ClFN6O2/c1-27-18-17(19(30)28(2)21(27)31)29(12-13-7-9-15(23)10-8-13)20(25-18)26-24-11-14-5-3-4-6-16(14)22/h3-11H,12H2,1-2H3,(H,25,26). The molecule has 0 radical (unpaired) electrons. The summed E-state index contributed by atoms with van der Waals surface area (Å²) in [5.74, 6) is -0.110. The molecule has 0 saturated heterocycles. The van der Waals surface area contributed by atoms with Crippen LogP contribution in [0.2, 0.25) is 5.02 Å². The Kier molecular flexibility index (Phi) is 5.43. The minimum Gasteiger partial charge on any atom is -0.298 e. The Hall–Kier alpha value is -3.72. The Morgan fingerprint density at radius 1 is 1.10 bits per heavy atom. The van der Waals surface area contributed by atoms with Gasteiger partial charge in [-0.05, 0) is 23.8 Å². The van der Waals surface area contributed by atoms with Crippen molar-refractivity contribution in [1.29, 1.82) is 0 Å². The molecule has 0 aliphatic heterocycles. The fourth-order valence-electron chi connectivity index (χ4n) is 3.20. The van der Waals surface area contributed by atoms with Gasteiger partial charge in [0, 0.05) is 24.7 Å². The second kappa shape index (κ2) is 8.19. The summed E-state index contributed by atoms with van der Waals surface area (Å²) in [6.45, 7) is 0.216. The summed E-state index contributed by atoms with van der Waals surface area (Å²) in [4.78, 5) is 29.6. The van der Waals surface area contributed by atoms with Crippen molar-refractivity contribution in [1.82, 2.24) is 18.7 Å². The molecule has 0 aliphatic carbocycles. The number of aryl methyl sites for hydroxylation is 1. The molecule has 10 heteroatoms. The van der Waals surface area contributed by atoms with Crippen LogP contribution in [0.4, 0.5) is 10.3 Å². The predicted molar refractivity (Wildman–Crippen MR) is 118 cm³/mol. The largest absolute Gasteiger partial charge is 0.332 e. The van der Waals surface area contributed by atoms with Crippen LogP contribution in [0.3, 0.4) is 0 Å². The first-order valence-corrected chi connectivity index (χ1v) is 9.69. The van der Waals surface area contributed by atoms with Crippen molar-refractivity contribution in [3.05, 3.63) is 91.3 Å². The third kappa shape index (κ3) is 3.87. The molecular weight excluding hydrogens is 423 g/mol. The lowest BCUT2D eigenvalue weighted by atomic mass is 10.2. The quantitative estimate of drug-likeness (QED) is 0.382. The number of aromatic nitrogens is 4. The van der Waals surface area contributed by atoms with Gasteiger partial charge in [0.25, 0.3) is 5.56 Å². The Balaban J connectivity index is 1.83. The summed E-state index contributed by atoms with van der Waals surface area (Å²) in [6, 6.07) is 13.1. The van der Waals surface area contributed by atoms with Crippen LogP contribution in [-0.4, -0.2) is 24.9 Å². The molecule has 2 aromatic carbocycles. The van der Waals surface area contributed by atoms with E-state index in [9.17, 15) is 14.0 Å². The van der Waals surface area contributed by atoms with Crippen molar-refractivity contribution in [3.8, 4) is 0 Å². The topological polar surface area (TPSA) is 86.2 Å². The van der Waals surface area contributed by atoms with Gasteiger partial charge in [-0.1, -0.05) is 41.9 Å². The fourth-order valence-corrected chi connectivity index (χ4v) is 3.38. The van der Waals surface area contributed by atoms with E-state index in [4.69, 9.17) is 11.6 Å². The van der Waals surface area contributed by atoms with Gasteiger partial charge in [-0.3, -0.25) is 18.5 Å². The number of rotatable bonds is 5. The lowest BCUT2D eigenvalue weighted by Gasteiger charge is -2.09. The first kappa shape index (κ1) is 20.5. The van der Waals surface area contributed by atoms with Crippen molar-refractivity contribution >= 4 is 34.9 Å². The van der Waals surface area contributed by atoms with Crippen LogP contribution in [0.15, 0.2) is 63.2 Å². The normalized spacial score (nSPS) is 11.5. The van der Waals surface area contributed by atoms with Gasteiger partial charge < -0.3 is 0 Å². The van der Waals surface area contributed by atoms with E-state index >= 15 is 0 Å². The number of hydrogen-bond donors (Lipinski definition) is 1. The van der Waals surface area contributed by atoms with Crippen LogP contribution >= 0.6 is 11.6 Å². The summed E-state index contributed by atoms with van der Waals surface area (Å²) in [5.41, 5.74) is 3.73. The number of fused-ring (bicyclic) bond motifs is 1. The van der Waals surface area contributed by atoms with Crippen LogP contribution in [0, 0.1) is 5.82 Å². The molecule has 0 spiro atoms. The zero-order valence-corrected chi connectivity index (χ0v) is 17.5. The summed E-state index contributed by atoms with van der Waals surface area (Å²) in [7, 11) is 2.94. The van der Waals surface area contributed by atoms with E-state index in [0.717, 1.165) is 10.1 Å². The van der Waals surface area contributed by atoms with Crippen LogP contribution in [-0.2, 0) is 20.6 Å². The minimum absolute atomic E-state index is 0.214. The number of halogens is 2. The number of hydrazone groups is 1. The lowest BCUT2D eigenvalue weighted by molar-refractivity contribution is 0.626. The maximum Gasteiger partial charge on any atom is 0.332 e. The smallest absolute Gasteiger partial charge is 0.298 e. The van der Waals surface area contributed by atoms with Crippen LogP contribution in [0.1, 0.15) is 11.1 Å². The van der Waals surface area contributed by atoms with E-state index in [1.54, 1.807) is 28.8 Å². The molecule has 0 aliphatic rings. The van der Waals surface area contributed by atoms with E-state index in [1.165, 1.54) is 37.0 Å². The van der Waals surface area contributed by atoms with Gasteiger partial charge in [0.15, 0.2) is 11.2 Å². The molecule has 0 fully saturated rings. The lowest BCUT2D eigenvalue weighted by Crippen LogP contribution is -2.37. The minimum atomic E-state index is -0.491. The van der Waals surface area contributed by atoms with Crippen LogP contribution < -0.4 is 16.7 Å². The van der Waals surface area contributed by atoms with E-state index in [-0.39, 0.29) is 29.5 Å². The number of hydrogen-bond acceptors (Lipinski definition) is 5. The second-order valence-electron chi connectivity index (χ2n) is 6.92. The highest BCUT2D eigenvalue weighted by atomic mass is 35.5. The highest BCUT2D eigenvalue weighted by molar-refractivity contribution is 6.33. The molecule has 31 heavy (non-hydrogen) atoms. The SMILES string of the molecule is Cn1c(=O)c2c(nc(NN=Cc3ccccc3Cl)n2Cc2ccc(F)cc2)n(C)c1=O. The molecule has 0 bridgehead atoms. The summed E-state index contributed by atoms with van der Waals surface area (Å²) < 4.78 is 17.2. The Morgan fingerprint density at radius 3 is 2.52 bits per heavy atom. The first-order valence-electron chi connectivity index (χ1n) is 9.31. The van der Waals surface area contributed by atoms with Gasteiger partial charge >= 0.3 is 5.69 Å². The van der Waals surface area contributed by atoms with Crippen LogP contribution in [0.5, 0.6) is 0 Å². The number of imidazole rings is 1. The molecular formula is C21H18ClFN6O2. The highest BCUT2D eigenvalue weighted by Gasteiger charge is 2.19. The van der Waals surface area contributed by atoms with Gasteiger partial charge in [0.05, 0.1) is 12.8 Å². The van der Waals surface area contributed by atoms with Gasteiger partial charge in [0.1, 0.15) is 5.82 Å². The molecule has 2 heterocycles. The zero-order chi connectivity index (χ0) is 22.1. The Bertz CT molecular complexity index is 1420. The van der Waals surface area contributed by atoms with Crippen molar-refractivity contribution in [2.75, 3.05) is 5.43 Å². The Morgan fingerprint density at radius 2 is 1.81 bits per heavy atom. The van der Waals surface area contributed by atoms with Gasteiger partial charge in [0.2, 0.25) is 5.95 Å². The third-order valence-corrected chi connectivity index (χ3v) is 5.22. The number of nitrogens with zero attached hydrogens (tertiary/aromatic N) is 5. The second-order valence-corrected chi connectivity index (χ2v) is 7.32. The highest BCUT2D eigenvalue weighted by Crippen LogP contribution is 2.19. The van der Waals surface area contributed by atoms with Crippen molar-refractivity contribution in [2.24, 2.45) is 19.2 Å². The van der Waals surface area contributed by atoms with Gasteiger partial charge in [-0.2, -0.15) is 10.1 Å². The van der Waals surface area contributed by atoms with Crippen molar-refractivity contribution in [2.45, 2.75) is 6.54 Å². The van der Waals surface area contributed by atoms with E-state index in [0.29, 0.717) is 10.6 Å². The molecule has 1 N–H and O–H groups in total. The number of anilines is 1. The Labute approximate surface area is 180 Å². The first-order chi connectivity index (χ1) is 14.9. The van der Waals surface area contributed by atoms with Crippen LogP contribution in [0.25, 0.3) is 11.2 Å². The fraction of sp³-hybridized carbons (Fsp3) is 0.143. The molecule has 158 valence electrons. The molecule has 8 nitrogen and oxygen atoms in total. The average Bonchev–Trinajstić information content (AvgIpc) is 3.12. The van der Waals surface area contributed by atoms with E-state index in [2.05, 4.69) is 15.5 Å². The average molecular weight is 441 g/mol. The van der Waals surface area contributed by atoms with Gasteiger partial charge in [-0.25, -0.2) is 14.6 Å². The maximum atomic E-state index is 13.3. The number of nitrogens with one attached hydrogen (secondary N) is 1. The monoisotopic (exact) mass is 440 g/mol. The molecule has 2 aromatic heterocycles.